The van der Waals surface area contributed by atoms with Gasteiger partial charge in [0.25, 0.3) is 11.8 Å². The molecule has 0 radical (unpaired) electrons. The van der Waals surface area contributed by atoms with Crippen molar-refractivity contribution in [1.82, 2.24) is 30.7 Å². The molecule has 57 heavy (non-hydrogen) atoms. The number of hydrogen-bond acceptors (Lipinski definition) is 6. The van der Waals surface area contributed by atoms with Crippen LogP contribution in [0.5, 0.6) is 0 Å². The van der Waals surface area contributed by atoms with Gasteiger partial charge in [-0.25, -0.2) is 0 Å². The average molecular weight is 775 g/mol. The number of piperazine rings is 1. The molecule has 300 valence electrons. The third kappa shape index (κ3) is 9.21. The molecule has 3 N–H and O–H groups in total. The van der Waals surface area contributed by atoms with Gasteiger partial charge in [-0.15, -0.1) is 0 Å². The number of likely N-dealkylation sites (N-methyl/N-ethyl adjacent to an activating group) is 1. The molecular formula is C45H54N6O6. The summed E-state index contributed by atoms with van der Waals surface area (Å²) in [5, 5.41) is 9.16. The fraction of sp³-hybridized carbons (Fsp3) is 0.467. The zero-order valence-electron chi connectivity index (χ0n) is 32.9. The Morgan fingerprint density at radius 3 is 1.60 bits per heavy atom. The van der Waals surface area contributed by atoms with E-state index in [1.165, 1.54) is 11.1 Å². The Labute approximate surface area is 334 Å². The van der Waals surface area contributed by atoms with Crippen molar-refractivity contribution in [3.8, 4) is 0 Å². The predicted molar refractivity (Wildman–Crippen MR) is 215 cm³/mol. The minimum absolute atomic E-state index is 0.0186. The predicted octanol–water partition coefficient (Wildman–Crippen LogP) is 4.09. The average Bonchev–Trinajstić information content (AvgIpc) is 4.15. The third-order valence-electron chi connectivity index (χ3n) is 12.0. The van der Waals surface area contributed by atoms with E-state index in [9.17, 15) is 28.8 Å². The van der Waals surface area contributed by atoms with E-state index in [0.717, 1.165) is 32.1 Å². The van der Waals surface area contributed by atoms with Gasteiger partial charge >= 0.3 is 0 Å². The summed E-state index contributed by atoms with van der Waals surface area (Å²) in [5.41, 5.74) is 3.03. The largest absolute Gasteiger partial charge is 0.355 e. The van der Waals surface area contributed by atoms with Crippen LogP contribution >= 0.6 is 0 Å². The quantitative estimate of drug-likeness (QED) is 0.211. The number of unbranched alkanes of at least 4 members (excludes halogenated alkanes) is 2. The standard InChI is InChI=1S/C45H54N6O6/c1-3-5-8-17-40(52)51-23-22-49(28-39(51)43(55)46-4-2)44(56)31-18-20-32(21-19-31)45(57)50-26-35(41(53)47-37-24-33(37)29-13-9-6-10-14-29)36(27-50)42(54)48-38-25-34(38)30-15-11-7-12-16-30/h6-7,9-16,18-21,33-39H,3-5,8,17,22-28H2,1-2H3,(H,46,55)(H,47,53)(H,48,54)/t33-,34-,35-,36-,37+,38+,39?/m1/s1. The van der Waals surface area contributed by atoms with Crippen LogP contribution in [-0.4, -0.2) is 108 Å². The summed E-state index contributed by atoms with van der Waals surface area (Å²) in [6.45, 7) is 5.12. The first-order valence-electron chi connectivity index (χ1n) is 20.6. The van der Waals surface area contributed by atoms with E-state index in [4.69, 9.17) is 0 Å². The zero-order chi connectivity index (χ0) is 40.1. The Kier molecular flexibility index (Phi) is 12.4. The zero-order valence-corrected chi connectivity index (χ0v) is 32.9. The summed E-state index contributed by atoms with van der Waals surface area (Å²) in [5.74, 6) is -2.40. The van der Waals surface area contributed by atoms with Gasteiger partial charge < -0.3 is 30.7 Å². The maximum Gasteiger partial charge on any atom is 0.253 e. The maximum absolute atomic E-state index is 14.0. The highest BCUT2D eigenvalue weighted by Gasteiger charge is 2.49. The number of nitrogens with one attached hydrogen (secondary N) is 3. The summed E-state index contributed by atoms with van der Waals surface area (Å²) in [6.07, 6.45) is 4.70. The molecule has 6 amide bonds. The Hall–Kier alpha value is -5.52. The lowest BCUT2D eigenvalue weighted by Gasteiger charge is -2.40. The minimum atomic E-state index is -0.781. The maximum atomic E-state index is 14.0. The van der Waals surface area contributed by atoms with E-state index in [2.05, 4.69) is 47.1 Å². The number of benzene rings is 3. The van der Waals surface area contributed by atoms with Crippen LogP contribution in [0.2, 0.25) is 0 Å². The van der Waals surface area contributed by atoms with Crippen molar-refractivity contribution >= 4 is 35.4 Å². The van der Waals surface area contributed by atoms with Crippen molar-refractivity contribution in [2.24, 2.45) is 11.8 Å². The monoisotopic (exact) mass is 774 g/mol. The number of carbonyl (C=O) groups is 6. The molecule has 4 aliphatic rings. The molecule has 4 fully saturated rings. The van der Waals surface area contributed by atoms with Crippen LogP contribution in [0.25, 0.3) is 0 Å². The van der Waals surface area contributed by atoms with Crippen LogP contribution in [0.4, 0.5) is 0 Å². The number of carbonyl (C=O) groups excluding carboxylic acids is 6. The minimum Gasteiger partial charge on any atom is -0.355 e. The fourth-order valence-electron chi connectivity index (χ4n) is 8.50. The molecule has 0 spiro atoms. The molecule has 0 aromatic heterocycles. The summed E-state index contributed by atoms with van der Waals surface area (Å²) in [4.78, 5) is 86.2. The summed E-state index contributed by atoms with van der Waals surface area (Å²) < 4.78 is 0. The number of hydrogen-bond donors (Lipinski definition) is 3. The van der Waals surface area contributed by atoms with Crippen LogP contribution in [0, 0.1) is 11.8 Å². The molecule has 7 rings (SSSR count). The Balaban J connectivity index is 1.01. The molecule has 2 aliphatic heterocycles. The lowest BCUT2D eigenvalue weighted by atomic mass is 9.94. The summed E-state index contributed by atoms with van der Waals surface area (Å²) in [6, 6.07) is 25.7. The van der Waals surface area contributed by atoms with E-state index in [1.807, 2.05) is 43.3 Å². The first kappa shape index (κ1) is 39.7. The third-order valence-corrected chi connectivity index (χ3v) is 12.0. The molecule has 1 unspecified atom stereocenters. The Morgan fingerprint density at radius 2 is 1.11 bits per heavy atom. The first-order valence-corrected chi connectivity index (χ1v) is 20.6. The molecular weight excluding hydrogens is 721 g/mol. The highest BCUT2D eigenvalue weighted by molar-refractivity contribution is 6.00. The normalized spacial score (nSPS) is 25.0. The number of rotatable bonds is 14. The smallest absolute Gasteiger partial charge is 0.253 e. The molecule has 2 saturated carbocycles. The van der Waals surface area contributed by atoms with Gasteiger partial charge in [-0.2, -0.15) is 0 Å². The van der Waals surface area contributed by atoms with Gasteiger partial charge in [0.1, 0.15) is 6.04 Å². The summed E-state index contributed by atoms with van der Waals surface area (Å²) >= 11 is 0. The lowest BCUT2D eigenvalue weighted by molar-refractivity contribution is -0.143. The second kappa shape index (κ2) is 17.7. The van der Waals surface area contributed by atoms with Gasteiger partial charge in [-0.3, -0.25) is 28.8 Å². The summed E-state index contributed by atoms with van der Waals surface area (Å²) in [7, 11) is 0. The molecule has 2 saturated heterocycles. The van der Waals surface area contributed by atoms with E-state index in [-0.39, 0.29) is 92.1 Å². The van der Waals surface area contributed by atoms with Crippen LogP contribution in [-0.2, 0) is 19.2 Å². The van der Waals surface area contributed by atoms with Gasteiger partial charge in [-0.1, -0.05) is 80.4 Å². The Bertz CT molecular complexity index is 1860. The number of nitrogens with zero attached hydrogens (tertiary/aromatic N) is 3. The highest BCUT2D eigenvalue weighted by Crippen LogP contribution is 2.42. The van der Waals surface area contributed by atoms with Crippen molar-refractivity contribution in [3.05, 3.63) is 107 Å². The molecule has 0 bridgehead atoms. The first-order chi connectivity index (χ1) is 27.7. The van der Waals surface area contributed by atoms with E-state index < -0.39 is 17.9 Å². The van der Waals surface area contributed by atoms with Crippen LogP contribution in [0.15, 0.2) is 84.9 Å². The van der Waals surface area contributed by atoms with Crippen LogP contribution < -0.4 is 16.0 Å². The number of likely N-dealkylation sites (tertiary alicyclic amines) is 1. The van der Waals surface area contributed by atoms with Gasteiger partial charge in [0.2, 0.25) is 23.6 Å². The van der Waals surface area contributed by atoms with Gasteiger partial charge in [0.05, 0.1) is 18.4 Å². The van der Waals surface area contributed by atoms with E-state index in [1.54, 1.807) is 39.0 Å². The fourth-order valence-corrected chi connectivity index (χ4v) is 8.50. The van der Waals surface area contributed by atoms with Gasteiger partial charge in [0.15, 0.2) is 0 Å². The topological polar surface area (TPSA) is 148 Å². The van der Waals surface area contributed by atoms with Crippen molar-refractivity contribution in [3.63, 3.8) is 0 Å². The van der Waals surface area contributed by atoms with Crippen molar-refractivity contribution < 1.29 is 28.8 Å². The molecule has 2 aliphatic carbocycles. The second-order valence-electron chi connectivity index (χ2n) is 15.9. The van der Waals surface area contributed by atoms with Crippen LogP contribution in [0.1, 0.15) is 96.1 Å². The van der Waals surface area contributed by atoms with Crippen molar-refractivity contribution in [2.75, 3.05) is 39.3 Å². The molecule has 7 atom stereocenters. The molecule has 3 aromatic rings. The lowest BCUT2D eigenvalue weighted by Crippen LogP contribution is -2.61. The molecule has 3 aromatic carbocycles. The second-order valence-corrected chi connectivity index (χ2v) is 15.9. The Morgan fingerprint density at radius 1 is 0.596 bits per heavy atom. The molecule has 2 heterocycles. The van der Waals surface area contributed by atoms with Gasteiger partial charge in [0, 0.05) is 74.2 Å². The van der Waals surface area contributed by atoms with Crippen molar-refractivity contribution in [2.45, 2.75) is 82.3 Å². The number of amides is 6. The molecule has 12 nitrogen and oxygen atoms in total. The van der Waals surface area contributed by atoms with Gasteiger partial charge in [-0.05, 0) is 61.6 Å². The van der Waals surface area contributed by atoms with E-state index >= 15 is 0 Å². The highest BCUT2D eigenvalue weighted by atomic mass is 16.2. The van der Waals surface area contributed by atoms with Crippen molar-refractivity contribution in [1.29, 1.82) is 0 Å². The van der Waals surface area contributed by atoms with E-state index in [0.29, 0.717) is 24.1 Å². The molecule has 12 heteroatoms. The van der Waals surface area contributed by atoms with Crippen LogP contribution in [0.3, 0.4) is 0 Å². The SMILES string of the molecule is CCCCCC(=O)N1CCN(C(=O)c2ccc(C(=O)N3C[C@@H](C(=O)N[C@H]4C[C@@H]4c4ccccc4)[C@H](C(=O)N[C@H]4C[C@@H]4c4ccccc4)C3)cc2)CC1C(=O)NCC.